The first-order valence-corrected chi connectivity index (χ1v) is 8.05. The number of amides is 1. The molecule has 0 bridgehead atoms. The van der Waals surface area contributed by atoms with E-state index in [1.807, 2.05) is 31.2 Å². The van der Waals surface area contributed by atoms with E-state index in [0.29, 0.717) is 10.8 Å². The summed E-state index contributed by atoms with van der Waals surface area (Å²) >= 11 is 1.28. The predicted octanol–water partition coefficient (Wildman–Crippen LogP) is 3.37. The Morgan fingerprint density at radius 3 is 2.83 bits per heavy atom. The smallest absolute Gasteiger partial charge is 0.234 e. The van der Waals surface area contributed by atoms with Gasteiger partial charge in [0.2, 0.25) is 5.91 Å². The van der Waals surface area contributed by atoms with Gasteiger partial charge >= 0.3 is 0 Å². The molecule has 6 heteroatoms. The van der Waals surface area contributed by atoms with E-state index in [0.717, 1.165) is 16.6 Å². The minimum absolute atomic E-state index is 0.115. The van der Waals surface area contributed by atoms with E-state index < -0.39 is 0 Å². The molecule has 3 aromatic rings. The van der Waals surface area contributed by atoms with E-state index in [-0.39, 0.29) is 17.4 Å². The molecular formula is C17H15N3O2S. The fourth-order valence-electron chi connectivity index (χ4n) is 2.18. The standard InChI is InChI=1S/C17H15N3O2S/c1-11-14-7-2-3-8-15(14)20-17(18-11)23-10-16(22)19-12-5-4-6-13(21)9-12/h2-9,21H,10H2,1H3,(H,19,22). The van der Waals surface area contributed by atoms with E-state index in [4.69, 9.17) is 0 Å². The average Bonchev–Trinajstić information content (AvgIpc) is 2.53. The van der Waals surface area contributed by atoms with E-state index in [2.05, 4.69) is 15.3 Å². The number of phenols is 1. The Morgan fingerprint density at radius 2 is 2.00 bits per heavy atom. The molecule has 0 aliphatic heterocycles. The number of nitrogens with one attached hydrogen (secondary N) is 1. The Hall–Kier alpha value is -2.60. The molecule has 1 amide bonds. The number of hydrogen-bond acceptors (Lipinski definition) is 5. The summed E-state index contributed by atoms with van der Waals surface area (Å²) in [5, 5.41) is 13.7. The van der Waals surface area contributed by atoms with Crippen molar-refractivity contribution in [1.29, 1.82) is 0 Å². The lowest BCUT2D eigenvalue weighted by molar-refractivity contribution is -0.113. The molecule has 0 atom stereocenters. The summed E-state index contributed by atoms with van der Waals surface area (Å²) in [4.78, 5) is 20.9. The summed E-state index contributed by atoms with van der Waals surface area (Å²) in [7, 11) is 0. The van der Waals surface area contributed by atoms with E-state index in [9.17, 15) is 9.90 Å². The van der Waals surface area contributed by atoms with Crippen molar-refractivity contribution in [3.63, 3.8) is 0 Å². The van der Waals surface area contributed by atoms with Crippen LogP contribution in [0.2, 0.25) is 0 Å². The Morgan fingerprint density at radius 1 is 1.17 bits per heavy atom. The molecule has 5 nitrogen and oxygen atoms in total. The lowest BCUT2D eigenvalue weighted by Crippen LogP contribution is -2.14. The van der Waals surface area contributed by atoms with Crippen LogP contribution in [0.5, 0.6) is 5.75 Å². The second-order valence-electron chi connectivity index (χ2n) is 5.00. The van der Waals surface area contributed by atoms with Gasteiger partial charge in [0.1, 0.15) is 5.75 Å². The second-order valence-corrected chi connectivity index (χ2v) is 5.94. The summed E-state index contributed by atoms with van der Waals surface area (Å²) in [5.74, 6) is 0.145. The zero-order valence-corrected chi connectivity index (χ0v) is 13.3. The van der Waals surface area contributed by atoms with Crippen LogP contribution in [0.15, 0.2) is 53.7 Å². The predicted molar refractivity (Wildman–Crippen MR) is 91.7 cm³/mol. The van der Waals surface area contributed by atoms with Gasteiger partial charge in [0, 0.05) is 22.8 Å². The lowest BCUT2D eigenvalue weighted by atomic mass is 10.2. The van der Waals surface area contributed by atoms with Crippen LogP contribution in [-0.2, 0) is 4.79 Å². The number of thioether (sulfide) groups is 1. The minimum atomic E-state index is -0.171. The van der Waals surface area contributed by atoms with Crippen molar-refractivity contribution in [2.45, 2.75) is 12.1 Å². The van der Waals surface area contributed by atoms with Gasteiger partial charge in [0.05, 0.1) is 11.3 Å². The average molecular weight is 325 g/mol. The number of anilines is 1. The SMILES string of the molecule is Cc1nc(SCC(=O)Nc2cccc(O)c2)nc2ccccc12. The van der Waals surface area contributed by atoms with Gasteiger partial charge in [-0.1, -0.05) is 36.0 Å². The highest BCUT2D eigenvalue weighted by molar-refractivity contribution is 7.99. The first-order chi connectivity index (χ1) is 11.1. The normalized spacial score (nSPS) is 10.7. The molecule has 0 radical (unpaired) electrons. The Labute approximate surface area is 137 Å². The highest BCUT2D eigenvalue weighted by atomic mass is 32.2. The van der Waals surface area contributed by atoms with Crippen LogP contribution in [0.3, 0.4) is 0 Å². The maximum absolute atomic E-state index is 12.0. The van der Waals surface area contributed by atoms with Crippen molar-refractivity contribution in [2.75, 3.05) is 11.1 Å². The monoisotopic (exact) mass is 325 g/mol. The number of aryl methyl sites for hydroxylation is 1. The van der Waals surface area contributed by atoms with Crippen molar-refractivity contribution in [1.82, 2.24) is 9.97 Å². The Bertz CT molecular complexity index is 867. The minimum Gasteiger partial charge on any atom is -0.508 e. The summed E-state index contributed by atoms with van der Waals surface area (Å²) in [6, 6.07) is 14.2. The van der Waals surface area contributed by atoms with Gasteiger partial charge in [-0.15, -0.1) is 0 Å². The fraction of sp³-hybridized carbons (Fsp3) is 0.118. The van der Waals surface area contributed by atoms with Gasteiger partial charge in [0.25, 0.3) is 0 Å². The zero-order valence-electron chi connectivity index (χ0n) is 12.5. The number of carbonyl (C=O) groups excluding carboxylic acids is 1. The molecule has 1 aromatic heterocycles. The number of hydrogen-bond donors (Lipinski definition) is 2. The van der Waals surface area contributed by atoms with Crippen LogP contribution in [0.4, 0.5) is 5.69 Å². The quantitative estimate of drug-likeness (QED) is 0.568. The molecule has 0 fully saturated rings. The lowest BCUT2D eigenvalue weighted by Gasteiger charge is -2.06. The topological polar surface area (TPSA) is 75.1 Å². The highest BCUT2D eigenvalue weighted by Crippen LogP contribution is 2.21. The first kappa shape index (κ1) is 15.3. The number of rotatable bonds is 4. The third-order valence-corrected chi connectivity index (χ3v) is 4.08. The van der Waals surface area contributed by atoms with E-state index >= 15 is 0 Å². The molecule has 3 rings (SSSR count). The van der Waals surface area contributed by atoms with Crippen molar-refractivity contribution in [3.8, 4) is 5.75 Å². The summed E-state index contributed by atoms with van der Waals surface area (Å²) in [6.07, 6.45) is 0. The largest absolute Gasteiger partial charge is 0.508 e. The van der Waals surface area contributed by atoms with Gasteiger partial charge in [-0.3, -0.25) is 4.79 Å². The van der Waals surface area contributed by atoms with Crippen LogP contribution in [0, 0.1) is 6.92 Å². The molecule has 2 aromatic carbocycles. The van der Waals surface area contributed by atoms with Crippen molar-refractivity contribution in [2.24, 2.45) is 0 Å². The number of phenolic OH excluding ortho intramolecular Hbond substituents is 1. The number of aromatic hydroxyl groups is 1. The summed E-state index contributed by atoms with van der Waals surface area (Å²) < 4.78 is 0. The van der Waals surface area contributed by atoms with Gasteiger partial charge in [-0.2, -0.15) is 0 Å². The summed E-state index contributed by atoms with van der Waals surface area (Å²) in [5.41, 5.74) is 2.33. The summed E-state index contributed by atoms with van der Waals surface area (Å²) in [6.45, 7) is 1.93. The number of fused-ring (bicyclic) bond motifs is 1. The van der Waals surface area contributed by atoms with Gasteiger partial charge < -0.3 is 10.4 Å². The van der Waals surface area contributed by atoms with Crippen molar-refractivity contribution < 1.29 is 9.90 Å². The third-order valence-electron chi connectivity index (χ3n) is 3.24. The maximum Gasteiger partial charge on any atom is 0.234 e. The number of benzene rings is 2. The van der Waals surface area contributed by atoms with Gasteiger partial charge in [0.15, 0.2) is 5.16 Å². The van der Waals surface area contributed by atoms with Gasteiger partial charge in [-0.25, -0.2) is 9.97 Å². The maximum atomic E-state index is 12.0. The van der Waals surface area contributed by atoms with Crippen LogP contribution in [0.1, 0.15) is 5.69 Å². The number of aromatic nitrogens is 2. The number of nitrogens with zero attached hydrogens (tertiary/aromatic N) is 2. The first-order valence-electron chi connectivity index (χ1n) is 7.07. The molecule has 0 aliphatic rings. The van der Waals surface area contributed by atoms with Crippen LogP contribution in [-0.4, -0.2) is 26.7 Å². The van der Waals surface area contributed by atoms with E-state index in [1.54, 1.807) is 18.2 Å². The van der Waals surface area contributed by atoms with Crippen LogP contribution in [0.25, 0.3) is 10.9 Å². The molecule has 0 aliphatic carbocycles. The van der Waals surface area contributed by atoms with Crippen molar-refractivity contribution in [3.05, 3.63) is 54.2 Å². The van der Waals surface area contributed by atoms with Gasteiger partial charge in [-0.05, 0) is 25.1 Å². The van der Waals surface area contributed by atoms with Crippen LogP contribution >= 0.6 is 11.8 Å². The molecule has 23 heavy (non-hydrogen) atoms. The Balaban J connectivity index is 1.67. The zero-order chi connectivity index (χ0) is 16.2. The number of carbonyl (C=O) groups is 1. The molecule has 0 saturated carbocycles. The molecular weight excluding hydrogens is 310 g/mol. The fourth-order valence-corrected chi connectivity index (χ4v) is 2.88. The van der Waals surface area contributed by atoms with E-state index in [1.165, 1.54) is 17.8 Å². The van der Waals surface area contributed by atoms with Crippen LogP contribution < -0.4 is 5.32 Å². The molecule has 1 heterocycles. The second kappa shape index (κ2) is 6.66. The highest BCUT2D eigenvalue weighted by Gasteiger charge is 2.08. The Kier molecular flexibility index (Phi) is 4.43. The molecule has 116 valence electrons. The molecule has 0 spiro atoms. The number of para-hydroxylation sites is 1. The molecule has 2 N–H and O–H groups in total. The third kappa shape index (κ3) is 3.78. The molecule has 0 unspecified atom stereocenters. The van der Waals surface area contributed by atoms with Crippen molar-refractivity contribution >= 4 is 34.3 Å². The molecule has 0 saturated heterocycles.